The fourth-order valence-corrected chi connectivity index (χ4v) is 2.51. The van der Waals surface area contributed by atoms with Crippen LogP contribution < -0.4 is 4.90 Å². The van der Waals surface area contributed by atoms with Crippen molar-refractivity contribution in [3.05, 3.63) is 29.3 Å². The Morgan fingerprint density at radius 1 is 1.28 bits per heavy atom. The van der Waals surface area contributed by atoms with Crippen LogP contribution in [-0.4, -0.2) is 23.5 Å². The number of aryl methyl sites for hydroxylation is 1. The Bertz CT molecular complexity index is 520. The van der Waals surface area contributed by atoms with Crippen LogP contribution in [0.15, 0.2) is 18.2 Å². The average molecular weight is 245 g/mol. The van der Waals surface area contributed by atoms with Gasteiger partial charge in [0.25, 0.3) is 0 Å². The van der Waals surface area contributed by atoms with E-state index < -0.39 is 5.97 Å². The van der Waals surface area contributed by atoms with E-state index in [0.29, 0.717) is 5.56 Å². The maximum Gasteiger partial charge on any atom is 0.335 e. The molecule has 1 fully saturated rings. The third kappa shape index (κ3) is 1.88. The van der Waals surface area contributed by atoms with E-state index in [0.717, 1.165) is 43.5 Å². The molecule has 1 aliphatic carbocycles. The summed E-state index contributed by atoms with van der Waals surface area (Å²) in [5.74, 6) is -0.502. The highest BCUT2D eigenvalue weighted by Gasteiger charge is 2.35. The third-order valence-corrected chi connectivity index (χ3v) is 3.64. The van der Waals surface area contributed by atoms with Crippen molar-refractivity contribution >= 4 is 17.6 Å². The lowest BCUT2D eigenvalue weighted by atomic mass is 9.98. The van der Waals surface area contributed by atoms with E-state index in [2.05, 4.69) is 0 Å². The van der Waals surface area contributed by atoms with Gasteiger partial charge in [-0.3, -0.25) is 4.79 Å². The lowest BCUT2D eigenvalue weighted by Gasteiger charge is -2.29. The second-order valence-corrected chi connectivity index (χ2v) is 5.02. The number of carboxylic acids is 1. The number of amides is 1. The molecule has 18 heavy (non-hydrogen) atoms. The van der Waals surface area contributed by atoms with Crippen molar-refractivity contribution in [2.75, 3.05) is 11.4 Å². The topological polar surface area (TPSA) is 57.6 Å². The molecule has 0 aromatic heterocycles. The van der Waals surface area contributed by atoms with E-state index in [9.17, 15) is 9.59 Å². The van der Waals surface area contributed by atoms with Crippen molar-refractivity contribution in [1.82, 2.24) is 0 Å². The molecule has 1 N–H and O–H groups in total. The minimum Gasteiger partial charge on any atom is -0.478 e. The van der Waals surface area contributed by atoms with Crippen molar-refractivity contribution in [3.8, 4) is 0 Å². The smallest absolute Gasteiger partial charge is 0.335 e. The van der Waals surface area contributed by atoms with E-state index in [1.165, 1.54) is 0 Å². The average Bonchev–Trinajstić information content (AvgIpc) is 3.20. The number of hydrogen-bond donors (Lipinski definition) is 1. The number of hydrogen-bond acceptors (Lipinski definition) is 2. The zero-order valence-electron chi connectivity index (χ0n) is 10.1. The first kappa shape index (κ1) is 11.3. The highest BCUT2D eigenvalue weighted by atomic mass is 16.4. The summed E-state index contributed by atoms with van der Waals surface area (Å²) in [6.07, 6.45) is 3.76. The van der Waals surface area contributed by atoms with Crippen LogP contribution >= 0.6 is 0 Å². The van der Waals surface area contributed by atoms with Gasteiger partial charge in [0.15, 0.2) is 0 Å². The molecule has 4 heteroatoms. The summed E-state index contributed by atoms with van der Waals surface area (Å²) in [6, 6.07) is 5.06. The van der Waals surface area contributed by atoms with Crippen LogP contribution in [0.25, 0.3) is 0 Å². The molecule has 0 bridgehead atoms. The van der Waals surface area contributed by atoms with Crippen LogP contribution in [0.4, 0.5) is 5.69 Å². The molecule has 0 unspecified atom stereocenters. The molecule has 1 aromatic carbocycles. The summed E-state index contributed by atoms with van der Waals surface area (Å²) in [5.41, 5.74) is 2.19. The minimum absolute atomic E-state index is 0.204. The predicted octanol–water partition coefficient (Wildman–Crippen LogP) is 2.07. The fraction of sp³-hybridized carbons (Fsp3) is 0.429. The number of anilines is 1. The van der Waals surface area contributed by atoms with Crippen LogP contribution in [0.2, 0.25) is 0 Å². The first-order valence-electron chi connectivity index (χ1n) is 6.34. The highest BCUT2D eigenvalue weighted by Crippen LogP contribution is 2.36. The number of carbonyl (C=O) groups is 2. The Morgan fingerprint density at radius 2 is 2.06 bits per heavy atom. The Kier molecular flexibility index (Phi) is 2.58. The van der Waals surface area contributed by atoms with Gasteiger partial charge in [-0.1, -0.05) is 0 Å². The molecule has 4 nitrogen and oxygen atoms in total. The second kappa shape index (κ2) is 4.12. The molecular weight excluding hydrogens is 230 g/mol. The molecule has 1 aromatic rings. The van der Waals surface area contributed by atoms with Gasteiger partial charge in [0.1, 0.15) is 0 Å². The summed E-state index contributed by atoms with van der Waals surface area (Å²) in [7, 11) is 0. The summed E-state index contributed by atoms with van der Waals surface area (Å²) >= 11 is 0. The van der Waals surface area contributed by atoms with Gasteiger partial charge >= 0.3 is 5.97 Å². The van der Waals surface area contributed by atoms with E-state index in [4.69, 9.17) is 5.11 Å². The maximum atomic E-state index is 12.2. The van der Waals surface area contributed by atoms with Crippen molar-refractivity contribution in [2.24, 2.45) is 5.92 Å². The van der Waals surface area contributed by atoms with Crippen molar-refractivity contribution < 1.29 is 14.7 Å². The number of fused-ring (bicyclic) bond motifs is 1. The van der Waals surface area contributed by atoms with Crippen molar-refractivity contribution in [2.45, 2.75) is 25.7 Å². The lowest BCUT2D eigenvalue weighted by molar-refractivity contribution is -0.119. The summed E-state index contributed by atoms with van der Waals surface area (Å²) in [6.45, 7) is 0.759. The summed E-state index contributed by atoms with van der Waals surface area (Å²) in [4.78, 5) is 24.9. The number of carbonyl (C=O) groups excluding carboxylic acids is 1. The Morgan fingerprint density at radius 3 is 2.72 bits per heavy atom. The highest BCUT2D eigenvalue weighted by molar-refractivity contribution is 5.98. The predicted molar refractivity (Wildman–Crippen MR) is 66.8 cm³/mol. The molecule has 0 saturated heterocycles. The number of rotatable bonds is 2. The number of carboxylic acid groups (broad SMARTS) is 1. The monoisotopic (exact) mass is 245 g/mol. The van der Waals surface area contributed by atoms with E-state index in [1.54, 1.807) is 18.2 Å². The van der Waals surface area contributed by atoms with E-state index in [-0.39, 0.29) is 11.8 Å². The zero-order chi connectivity index (χ0) is 12.7. The fourth-order valence-electron chi connectivity index (χ4n) is 2.51. The molecule has 1 amide bonds. The lowest BCUT2D eigenvalue weighted by Crippen LogP contribution is -2.36. The normalized spacial score (nSPS) is 18.3. The Hall–Kier alpha value is -1.84. The van der Waals surface area contributed by atoms with Gasteiger partial charge in [-0.15, -0.1) is 0 Å². The van der Waals surface area contributed by atoms with Gasteiger partial charge in [0, 0.05) is 18.2 Å². The van der Waals surface area contributed by atoms with Crippen LogP contribution in [0.1, 0.15) is 35.2 Å². The molecule has 1 heterocycles. The molecule has 0 spiro atoms. The Balaban J connectivity index is 1.95. The van der Waals surface area contributed by atoms with Gasteiger partial charge in [-0.05, 0) is 49.4 Å². The summed E-state index contributed by atoms with van der Waals surface area (Å²) in [5, 5.41) is 8.98. The molecule has 1 saturated carbocycles. The van der Waals surface area contributed by atoms with E-state index >= 15 is 0 Å². The molecule has 0 atom stereocenters. The van der Waals surface area contributed by atoms with Gasteiger partial charge in [-0.25, -0.2) is 4.79 Å². The quantitative estimate of drug-likeness (QED) is 0.867. The van der Waals surface area contributed by atoms with Gasteiger partial charge < -0.3 is 10.0 Å². The molecule has 94 valence electrons. The van der Waals surface area contributed by atoms with Gasteiger partial charge in [-0.2, -0.15) is 0 Å². The minimum atomic E-state index is -0.913. The third-order valence-electron chi connectivity index (χ3n) is 3.64. The first-order chi connectivity index (χ1) is 8.66. The van der Waals surface area contributed by atoms with E-state index in [1.807, 2.05) is 4.90 Å². The van der Waals surface area contributed by atoms with Crippen molar-refractivity contribution in [1.29, 1.82) is 0 Å². The van der Waals surface area contributed by atoms with Crippen molar-refractivity contribution in [3.63, 3.8) is 0 Å². The molecule has 3 rings (SSSR count). The maximum absolute atomic E-state index is 12.2. The standard InChI is InChI=1S/C14H15NO3/c16-13(9-3-4-9)15-7-1-2-10-8-11(14(17)18)5-6-12(10)15/h5-6,8-9H,1-4,7H2,(H,17,18). The summed E-state index contributed by atoms with van der Waals surface area (Å²) < 4.78 is 0. The Labute approximate surface area is 105 Å². The molecule has 2 aliphatic rings. The SMILES string of the molecule is O=C(O)c1ccc2c(c1)CCCN2C(=O)C1CC1. The van der Waals surface area contributed by atoms with Crippen LogP contribution in [0.5, 0.6) is 0 Å². The molecule has 0 radical (unpaired) electrons. The first-order valence-corrected chi connectivity index (χ1v) is 6.34. The number of aromatic carboxylic acids is 1. The molecule has 1 aliphatic heterocycles. The number of nitrogens with zero attached hydrogens (tertiary/aromatic N) is 1. The zero-order valence-corrected chi connectivity index (χ0v) is 10.1. The second-order valence-electron chi connectivity index (χ2n) is 5.02. The number of benzene rings is 1. The molecular formula is C14H15NO3. The van der Waals surface area contributed by atoms with Gasteiger partial charge in [0.05, 0.1) is 5.56 Å². The largest absolute Gasteiger partial charge is 0.478 e. The van der Waals surface area contributed by atoms with Crippen LogP contribution in [0.3, 0.4) is 0 Å². The van der Waals surface area contributed by atoms with Crippen LogP contribution in [0, 0.1) is 5.92 Å². The van der Waals surface area contributed by atoms with Gasteiger partial charge in [0.2, 0.25) is 5.91 Å². The van der Waals surface area contributed by atoms with Crippen LogP contribution in [-0.2, 0) is 11.2 Å².